The summed E-state index contributed by atoms with van der Waals surface area (Å²) in [5.74, 6) is 2.09. The Balaban J connectivity index is 1.97. The zero-order valence-corrected chi connectivity index (χ0v) is 12.7. The number of aliphatic hydroxyl groups excluding tert-OH is 1. The highest BCUT2D eigenvalue weighted by Crippen LogP contribution is 2.43. The van der Waals surface area contributed by atoms with E-state index in [0.29, 0.717) is 0 Å². The quantitative estimate of drug-likeness (QED) is 0.854. The molecule has 0 heterocycles. The number of likely N-dealkylation sites (N-methyl/N-ethyl adjacent to an activating group) is 1. The van der Waals surface area contributed by atoms with Crippen molar-refractivity contribution in [3.8, 4) is 0 Å². The van der Waals surface area contributed by atoms with Crippen molar-refractivity contribution < 1.29 is 9.90 Å². The summed E-state index contributed by atoms with van der Waals surface area (Å²) >= 11 is 0. The van der Waals surface area contributed by atoms with E-state index in [9.17, 15) is 9.90 Å². The summed E-state index contributed by atoms with van der Waals surface area (Å²) in [5.41, 5.74) is -0.444. The average molecular weight is 267 g/mol. The first kappa shape index (κ1) is 14.8. The smallest absolute Gasteiger partial charge is 0.225 e. The second kappa shape index (κ2) is 5.82. The molecule has 0 bridgehead atoms. The number of carbonyl (C=O) groups is 1. The van der Waals surface area contributed by atoms with Crippen LogP contribution in [0, 0.1) is 17.8 Å². The molecule has 2 aliphatic carbocycles. The zero-order chi connectivity index (χ0) is 14.0. The molecule has 3 heteroatoms. The Labute approximate surface area is 117 Å². The van der Waals surface area contributed by atoms with Gasteiger partial charge in [0.2, 0.25) is 5.91 Å². The highest BCUT2D eigenvalue weighted by atomic mass is 16.3. The van der Waals surface area contributed by atoms with Crippen molar-refractivity contribution in [1.29, 1.82) is 0 Å². The number of aliphatic hydroxyl groups is 1. The topological polar surface area (TPSA) is 40.5 Å². The molecular weight excluding hydrogens is 238 g/mol. The van der Waals surface area contributed by atoms with Crippen molar-refractivity contribution in [2.45, 2.75) is 64.3 Å². The molecule has 2 aliphatic rings. The predicted octanol–water partition coefficient (Wildman–Crippen LogP) is 2.82. The van der Waals surface area contributed by atoms with Crippen LogP contribution in [-0.4, -0.2) is 35.1 Å². The van der Waals surface area contributed by atoms with Crippen LogP contribution in [0.25, 0.3) is 0 Å². The van der Waals surface area contributed by atoms with Crippen molar-refractivity contribution in [3.63, 3.8) is 0 Å². The summed E-state index contributed by atoms with van der Waals surface area (Å²) in [7, 11) is 1.84. The summed E-state index contributed by atoms with van der Waals surface area (Å²) < 4.78 is 0. The van der Waals surface area contributed by atoms with Gasteiger partial charge in [0.15, 0.2) is 0 Å². The van der Waals surface area contributed by atoms with Crippen molar-refractivity contribution >= 4 is 5.91 Å². The van der Waals surface area contributed by atoms with Crippen LogP contribution in [0.1, 0.15) is 58.8 Å². The van der Waals surface area contributed by atoms with E-state index in [0.717, 1.165) is 24.7 Å². The number of hydrogen-bond acceptors (Lipinski definition) is 2. The van der Waals surface area contributed by atoms with Gasteiger partial charge in [-0.1, -0.05) is 25.7 Å². The molecule has 2 rings (SSSR count). The third kappa shape index (κ3) is 3.13. The van der Waals surface area contributed by atoms with E-state index >= 15 is 0 Å². The van der Waals surface area contributed by atoms with Crippen LogP contribution in [0.5, 0.6) is 0 Å². The lowest BCUT2D eigenvalue weighted by Crippen LogP contribution is -2.50. The Bertz CT molecular complexity index is 327. The van der Waals surface area contributed by atoms with Gasteiger partial charge in [0.1, 0.15) is 0 Å². The summed E-state index contributed by atoms with van der Waals surface area (Å²) in [6, 6.07) is 0. The first-order valence-electron chi connectivity index (χ1n) is 7.84. The number of hydrogen-bond donors (Lipinski definition) is 1. The molecule has 110 valence electrons. The number of fused-ring (bicyclic) bond motifs is 1. The van der Waals surface area contributed by atoms with Gasteiger partial charge in [0, 0.05) is 13.0 Å². The van der Waals surface area contributed by atoms with E-state index in [1.54, 1.807) is 4.90 Å². The van der Waals surface area contributed by atoms with Gasteiger partial charge < -0.3 is 10.0 Å². The van der Waals surface area contributed by atoms with E-state index < -0.39 is 5.54 Å². The Morgan fingerprint density at radius 1 is 1.16 bits per heavy atom. The van der Waals surface area contributed by atoms with Gasteiger partial charge in [-0.2, -0.15) is 0 Å². The van der Waals surface area contributed by atoms with E-state index in [1.807, 2.05) is 20.9 Å². The predicted molar refractivity (Wildman–Crippen MR) is 76.7 cm³/mol. The van der Waals surface area contributed by atoms with Gasteiger partial charge >= 0.3 is 0 Å². The minimum Gasteiger partial charge on any atom is -0.394 e. The van der Waals surface area contributed by atoms with Gasteiger partial charge in [0.05, 0.1) is 12.1 Å². The number of amides is 1. The second-order valence-electron chi connectivity index (χ2n) is 7.18. The highest BCUT2D eigenvalue weighted by Gasteiger charge is 2.38. The summed E-state index contributed by atoms with van der Waals surface area (Å²) in [6.45, 7) is 3.88. The monoisotopic (exact) mass is 267 g/mol. The van der Waals surface area contributed by atoms with Gasteiger partial charge in [0.25, 0.3) is 0 Å². The maximum absolute atomic E-state index is 12.6. The van der Waals surface area contributed by atoms with Gasteiger partial charge in [-0.3, -0.25) is 4.79 Å². The van der Waals surface area contributed by atoms with Crippen LogP contribution in [0.3, 0.4) is 0 Å². The molecule has 0 spiro atoms. The molecule has 1 N–H and O–H groups in total. The molecule has 3 atom stereocenters. The molecule has 0 radical (unpaired) electrons. The summed E-state index contributed by atoms with van der Waals surface area (Å²) in [4.78, 5) is 14.4. The fraction of sp³-hybridized carbons (Fsp3) is 0.938. The SMILES string of the molecule is CN(C(=O)C1CCC2CCCCC2C1)C(C)(C)CO. The number of carbonyl (C=O) groups excluding carboxylic acids is 1. The fourth-order valence-electron chi connectivity index (χ4n) is 3.78. The van der Waals surface area contributed by atoms with Gasteiger partial charge in [-0.15, -0.1) is 0 Å². The van der Waals surface area contributed by atoms with Crippen molar-refractivity contribution in [1.82, 2.24) is 4.90 Å². The minimum atomic E-state index is -0.444. The average Bonchev–Trinajstić information content (AvgIpc) is 2.45. The van der Waals surface area contributed by atoms with Crippen LogP contribution in [0.4, 0.5) is 0 Å². The number of nitrogens with zero attached hydrogens (tertiary/aromatic N) is 1. The van der Waals surface area contributed by atoms with Gasteiger partial charge in [-0.05, 0) is 44.9 Å². The molecule has 0 aromatic carbocycles. The Morgan fingerprint density at radius 3 is 2.42 bits per heavy atom. The van der Waals surface area contributed by atoms with Crippen molar-refractivity contribution in [3.05, 3.63) is 0 Å². The fourth-order valence-corrected chi connectivity index (χ4v) is 3.78. The third-order valence-electron chi connectivity index (χ3n) is 5.51. The maximum Gasteiger partial charge on any atom is 0.225 e. The molecule has 3 nitrogen and oxygen atoms in total. The molecule has 19 heavy (non-hydrogen) atoms. The lowest BCUT2D eigenvalue weighted by molar-refractivity contribution is -0.142. The van der Waals surface area contributed by atoms with E-state index in [2.05, 4.69) is 0 Å². The van der Waals surface area contributed by atoms with Crippen LogP contribution < -0.4 is 0 Å². The third-order valence-corrected chi connectivity index (χ3v) is 5.51. The molecule has 0 aromatic rings. The molecule has 3 unspecified atom stereocenters. The Morgan fingerprint density at radius 2 is 1.79 bits per heavy atom. The lowest BCUT2D eigenvalue weighted by Gasteiger charge is -2.42. The van der Waals surface area contributed by atoms with Crippen LogP contribution in [-0.2, 0) is 4.79 Å². The summed E-state index contributed by atoms with van der Waals surface area (Å²) in [6.07, 6.45) is 8.79. The molecule has 0 saturated heterocycles. The van der Waals surface area contributed by atoms with Crippen molar-refractivity contribution in [2.75, 3.05) is 13.7 Å². The number of rotatable bonds is 3. The first-order chi connectivity index (χ1) is 8.95. The molecular formula is C16H29NO2. The molecule has 2 saturated carbocycles. The Kier molecular flexibility index (Phi) is 4.54. The van der Waals surface area contributed by atoms with Crippen LogP contribution in [0.15, 0.2) is 0 Å². The van der Waals surface area contributed by atoms with E-state index in [4.69, 9.17) is 0 Å². The normalized spacial score (nSPS) is 31.7. The second-order valence-corrected chi connectivity index (χ2v) is 7.18. The zero-order valence-electron chi connectivity index (χ0n) is 12.7. The molecule has 0 aliphatic heterocycles. The van der Waals surface area contributed by atoms with Crippen LogP contribution in [0.2, 0.25) is 0 Å². The van der Waals surface area contributed by atoms with Gasteiger partial charge in [-0.25, -0.2) is 0 Å². The molecule has 0 aromatic heterocycles. The standard InChI is InChI=1S/C16H29NO2/c1-16(2,11-18)17(3)15(19)14-9-8-12-6-4-5-7-13(12)10-14/h12-14,18H,4-11H2,1-3H3. The Hall–Kier alpha value is -0.570. The largest absolute Gasteiger partial charge is 0.394 e. The summed E-state index contributed by atoms with van der Waals surface area (Å²) in [5, 5.41) is 9.41. The first-order valence-corrected chi connectivity index (χ1v) is 7.84. The van der Waals surface area contributed by atoms with E-state index in [-0.39, 0.29) is 18.4 Å². The molecule has 1 amide bonds. The maximum atomic E-state index is 12.6. The molecule has 2 fully saturated rings. The van der Waals surface area contributed by atoms with Crippen LogP contribution >= 0.6 is 0 Å². The van der Waals surface area contributed by atoms with Crippen molar-refractivity contribution in [2.24, 2.45) is 17.8 Å². The van der Waals surface area contributed by atoms with E-state index in [1.165, 1.54) is 32.1 Å². The highest BCUT2D eigenvalue weighted by molar-refractivity contribution is 5.79. The lowest BCUT2D eigenvalue weighted by atomic mass is 9.67. The minimum absolute atomic E-state index is 0.0218.